The summed E-state index contributed by atoms with van der Waals surface area (Å²) < 4.78 is 0. The Morgan fingerprint density at radius 2 is 1.70 bits per heavy atom. The molecule has 0 saturated heterocycles. The highest BCUT2D eigenvalue weighted by atomic mass is 35.5. The van der Waals surface area contributed by atoms with Crippen molar-refractivity contribution < 1.29 is 0 Å². The summed E-state index contributed by atoms with van der Waals surface area (Å²) in [5.74, 6) is 1.34. The van der Waals surface area contributed by atoms with Gasteiger partial charge in [-0.05, 0) is 44.0 Å². The molecule has 9 heteroatoms. The van der Waals surface area contributed by atoms with Gasteiger partial charge in [0.2, 0.25) is 17.8 Å². The van der Waals surface area contributed by atoms with E-state index >= 15 is 0 Å². The van der Waals surface area contributed by atoms with E-state index in [2.05, 4.69) is 44.6 Å². The molecule has 1 heterocycles. The van der Waals surface area contributed by atoms with E-state index in [1.807, 2.05) is 60.4 Å². The standard InChI is InChI=1S/C21H24ClN7.ClH/c1-4-29(5-2)21-26-19(24-17-12-11-15(3)18(22)13-17)25-20(27-21)28-23-14-16-9-7-6-8-10-16;/h6-14H,4-5H2,1-3H3,(H2,24,25,26,27,28);1H/b23-14+;. The molecule has 3 rings (SSSR count). The van der Waals surface area contributed by atoms with Crippen molar-refractivity contribution >= 4 is 53.8 Å². The second-order valence-electron chi connectivity index (χ2n) is 6.32. The van der Waals surface area contributed by atoms with E-state index in [-0.39, 0.29) is 12.4 Å². The van der Waals surface area contributed by atoms with Crippen molar-refractivity contribution in [2.75, 3.05) is 28.7 Å². The number of hydrogen-bond acceptors (Lipinski definition) is 7. The predicted molar refractivity (Wildman–Crippen MR) is 128 cm³/mol. The van der Waals surface area contributed by atoms with E-state index in [0.29, 0.717) is 22.9 Å². The van der Waals surface area contributed by atoms with Crippen molar-refractivity contribution in [1.82, 2.24) is 15.0 Å². The quantitative estimate of drug-likeness (QED) is 0.362. The Morgan fingerprint density at radius 1 is 1.00 bits per heavy atom. The summed E-state index contributed by atoms with van der Waals surface area (Å²) in [6, 6.07) is 15.5. The fraction of sp³-hybridized carbons (Fsp3) is 0.238. The van der Waals surface area contributed by atoms with Gasteiger partial charge in [-0.25, -0.2) is 5.43 Å². The van der Waals surface area contributed by atoms with E-state index in [9.17, 15) is 0 Å². The summed E-state index contributed by atoms with van der Waals surface area (Å²) >= 11 is 6.23. The Labute approximate surface area is 188 Å². The molecule has 0 amide bonds. The lowest BCUT2D eigenvalue weighted by Crippen LogP contribution is -2.25. The molecule has 7 nitrogen and oxygen atoms in total. The minimum atomic E-state index is 0. The molecular formula is C21H25Cl2N7. The number of hydrazone groups is 1. The summed E-state index contributed by atoms with van der Waals surface area (Å²) in [7, 11) is 0. The van der Waals surface area contributed by atoms with Crippen LogP contribution in [0.1, 0.15) is 25.0 Å². The number of aryl methyl sites for hydroxylation is 1. The van der Waals surface area contributed by atoms with Gasteiger partial charge in [0, 0.05) is 23.8 Å². The normalized spacial score (nSPS) is 10.5. The fourth-order valence-electron chi connectivity index (χ4n) is 2.62. The first kappa shape index (κ1) is 23.4. The number of aromatic nitrogens is 3. The van der Waals surface area contributed by atoms with Crippen molar-refractivity contribution in [2.45, 2.75) is 20.8 Å². The van der Waals surface area contributed by atoms with Crippen LogP contribution in [0.2, 0.25) is 5.02 Å². The van der Waals surface area contributed by atoms with Gasteiger partial charge in [0.15, 0.2) is 0 Å². The van der Waals surface area contributed by atoms with E-state index in [1.54, 1.807) is 6.21 Å². The van der Waals surface area contributed by atoms with Crippen LogP contribution in [-0.4, -0.2) is 34.3 Å². The fourth-order valence-corrected chi connectivity index (χ4v) is 2.80. The van der Waals surface area contributed by atoms with Crippen LogP contribution in [0.25, 0.3) is 0 Å². The third-order valence-corrected chi connectivity index (χ3v) is 4.68. The molecule has 2 N–H and O–H groups in total. The van der Waals surface area contributed by atoms with Crippen molar-refractivity contribution in [3.63, 3.8) is 0 Å². The van der Waals surface area contributed by atoms with Crippen LogP contribution in [0.4, 0.5) is 23.5 Å². The zero-order valence-corrected chi connectivity index (χ0v) is 18.7. The lowest BCUT2D eigenvalue weighted by molar-refractivity contribution is 0.814. The van der Waals surface area contributed by atoms with Crippen LogP contribution >= 0.6 is 24.0 Å². The Morgan fingerprint density at radius 3 is 2.37 bits per heavy atom. The Hall–Kier alpha value is -2.90. The number of rotatable bonds is 8. The first-order valence-corrected chi connectivity index (χ1v) is 9.85. The molecule has 0 unspecified atom stereocenters. The summed E-state index contributed by atoms with van der Waals surface area (Å²) in [4.78, 5) is 15.5. The summed E-state index contributed by atoms with van der Waals surface area (Å²) in [5, 5.41) is 8.12. The molecule has 30 heavy (non-hydrogen) atoms. The molecule has 0 atom stereocenters. The minimum Gasteiger partial charge on any atom is -0.341 e. The van der Waals surface area contributed by atoms with E-state index in [0.717, 1.165) is 29.9 Å². The molecule has 0 bridgehead atoms. The first-order valence-electron chi connectivity index (χ1n) is 9.47. The maximum atomic E-state index is 6.23. The Balaban J connectivity index is 0.00000320. The average Bonchev–Trinajstić information content (AvgIpc) is 2.72. The van der Waals surface area contributed by atoms with Gasteiger partial charge < -0.3 is 10.2 Å². The molecule has 0 spiro atoms. The molecule has 0 saturated carbocycles. The van der Waals surface area contributed by atoms with Gasteiger partial charge in [0.1, 0.15) is 0 Å². The molecule has 3 aromatic rings. The number of nitrogens with one attached hydrogen (secondary N) is 2. The molecule has 0 aliphatic rings. The topological polar surface area (TPSA) is 78.3 Å². The Bertz CT molecular complexity index is 976. The summed E-state index contributed by atoms with van der Waals surface area (Å²) in [6.07, 6.45) is 1.72. The van der Waals surface area contributed by atoms with Crippen LogP contribution in [0.3, 0.4) is 0 Å². The average molecular weight is 446 g/mol. The molecule has 0 aliphatic heterocycles. The largest absolute Gasteiger partial charge is 0.341 e. The second kappa shape index (κ2) is 11.3. The maximum absolute atomic E-state index is 6.23. The van der Waals surface area contributed by atoms with Gasteiger partial charge in [-0.2, -0.15) is 20.1 Å². The lowest BCUT2D eigenvalue weighted by Gasteiger charge is -2.19. The van der Waals surface area contributed by atoms with Gasteiger partial charge in [-0.15, -0.1) is 12.4 Å². The molecule has 0 aliphatic carbocycles. The third kappa shape index (κ3) is 6.30. The molecule has 1 aromatic heterocycles. The zero-order chi connectivity index (χ0) is 20.6. The molecule has 0 radical (unpaired) electrons. The van der Waals surface area contributed by atoms with Crippen LogP contribution in [0.15, 0.2) is 53.6 Å². The smallest absolute Gasteiger partial charge is 0.250 e. The van der Waals surface area contributed by atoms with Crippen molar-refractivity contribution in [3.8, 4) is 0 Å². The molecule has 2 aromatic carbocycles. The third-order valence-electron chi connectivity index (χ3n) is 4.28. The van der Waals surface area contributed by atoms with E-state index in [4.69, 9.17) is 11.6 Å². The van der Waals surface area contributed by atoms with Crippen LogP contribution in [0, 0.1) is 6.92 Å². The van der Waals surface area contributed by atoms with Gasteiger partial charge in [0.05, 0.1) is 6.21 Å². The molecular weight excluding hydrogens is 421 g/mol. The number of anilines is 4. The number of halogens is 2. The van der Waals surface area contributed by atoms with Crippen LogP contribution in [0.5, 0.6) is 0 Å². The highest BCUT2D eigenvalue weighted by Gasteiger charge is 2.11. The monoisotopic (exact) mass is 445 g/mol. The van der Waals surface area contributed by atoms with E-state index in [1.165, 1.54) is 0 Å². The number of hydrogen-bond donors (Lipinski definition) is 2. The van der Waals surface area contributed by atoms with Gasteiger partial charge in [0.25, 0.3) is 0 Å². The maximum Gasteiger partial charge on any atom is 0.250 e. The van der Waals surface area contributed by atoms with Gasteiger partial charge in [-0.3, -0.25) is 0 Å². The lowest BCUT2D eigenvalue weighted by atomic mass is 10.2. The van der Waals surface area contributed by atoms with Gasteiger partial charge in [-0.1, -0.05) is 48.0 Å². The minimum absolute atomic E-state index is 0. The summed E-state index contributed by atoms with van der Waals surface area (Å²) in [5.41, 5.74) is 5.69. The highest BCUT2D eigenvalue weighted by Crippen LogP contribution is 2.23. The SMILES string of the molecule is CCN(CC)c1nc(N/N=C/c2ccccc2)nc(Nc2ccc(C)c(Cl)c2)n1.Cl. The molecule has 0 fully saturated rings. The highest BCUT2D eigenvalue weighted by molar-refractivity contribution is 6.31. The number of benzene rings is 2. The van der Waals surface area contributed by atoms with Crippen molar-refractivity contribution in [1.29, 1.82) is 0 Å². The predicted octanol–water partition coefficient (Wildman–Crippen LogP) is 5.29. The van der Waals surface area contributed by atoms with Gasteiger partial charge >= 0.3 is 0 Å². The second-order valence-corrected chi connectivity index (χ2v) is 6.73. The molecule has 158 valence electrons. The van der Waals surface area contributed by atoms with Crippen LogP contribution < -0.4 is 15.6 Å². The Kier molecular flexibility index (Phi) is 8.83. The van der Waals surface area contributed by atoms with Crippen molar-refractivity contribution in [2.24, 2.45) is 5.10 Å². The van der Waals surface area contributed by atoms with Crippen LogP contribution in [-0.2, 0) is 0 Å². The van der Waals surface area contributed by atoms with E-state index < -0.39 is 0 Å². The first-order chi connectivity index (χ1) is 14.1. The number of nitrogens with zero attached hydrogens (tertiary/aromatic N) is 5. The van der Waals surface area contributed by atoms with Crippen molar-refractivity contribution in [3.05, 3.63) is 64.7 Å². The zero-order valence-electron chi connectivity index (χ0n) is 17.1. The summed E-state index contributed by atoms with van der Waals surface area (Å²) in [6.45, 7) is 7.63.